The predicted molar refractivity (Wildman–Crippen MR) is 107 cm³/mol. The second-order valence-corrected chi connectivity index (χ2v) is 8.22. The number of benzene rings is 1. The molecule has 0 unspecified atom stereocenters. The van der Waals surface area contributed by atoms with E-state index in [-0.39, 0.29) is 12.2 Å². The number of amides is 1. The van der Waals surface area contributed by atoms with Crippen LogP contribution in [0.3, 0.4) is 0 Å². The van der Waals surface area contributed by atoms with E-state index in [1.54, 1.807) is 0 Å². The van der Waals surface area contributed by atoms with Crippen LogP contribution in [0.2, 0.25) is 0 Å². The van der Waals surface area contributed by atoms with Gasteiger partial charge in [-0.25, -0.2) is 13.6 Å². The first-order valence-electron chi connectivity index (χ1n) is 9.59. The molecule has 0 atom stereocenters. The van der Waals surface area contributed by atoms with E-state index in [4.69, 9.17) is 9.47 Å². The Hall–Kier alpha value is -2.46. The topological polar surface area (TPSA) is 64.6 Å². The Balaban J connectivity index is 1.72. The van der Waals surface area contributed by atoms with Gasteiger partial charge < -0.3 is 14.8 Å². The van der Waals surface area contributed by atoms with Gasteiger partial charge in [-0.2, -0.15) is 8.78 Å². The first kappa shape index (κ1) is 23.2. The van der Waals surface area contributed by atoms with Crippen LogP contribution in [0, 0.1) is 0 Å². The van der Waals surface area contributed by atoms with Crippen LogP contribution in [0.25, 0.3) is 0 Å². The summed E-state index contributed by atoms with van der Waals surface area (Å²) >= 11 is 1.34. The van der Waals surface area contributed by atoms with Gasteiger partial charge in [0.1, 0.15) is 11.6 Å². The number of thiophene rings is 1. The van der Waals surface area contributed by atoms with Crippen molar-refractivity contribution in [1.29, 1.82) is 0 Å². The van der Waals surface area contributed by atoms with Gasteiger partial charge in [-0.15, -0.1) is 11.3 Å². The van der Waals surface area contributed by atoms with Crippen molar-refractivity contribution in [1.82, 2.24) is 0 Å². The third-order valence-corrected chi connectivity index (χ3v) is 6.07. The molecule has 5 nitrogen and oxygen atoms in total. The molecular formula is C21H21F4NO4S. The van der Waals surface area contributed by atoms with E-state index in [9.17, 15) is 27.2 Å². The number of methoxy groups -OCH3 is 1. The molecule has 1 aromatic heterocycles. The molecule has 1 N–H and O–H groups in total. The fourth-order valence-electron chi connectivity index (χ4n) is 3.32. The Labute approximate surface area is 180 Å². The summed E-state index contributed by atoms with van der Waals surface area (Å²) in [5, 5.41) is 3.15. The highest BCUT2D eigenvalue weighted by Gasteiger charge is 2.40. The zero-order valence-electron chi connectivity index (χ0n) is 16.7. The van der Waals surface area contributed by atoms with Crippen LogP contribution >= 0.6 is 11.3 Å². The molecule has 1 aliphatic carbocycles. The SMILES string of the molecule is COC(=O)c1c(NC(=O)c2cccc(COCC(F)(F)C(F)F)c2)sc2c1CCCC2. The van der Waals surface area contributed by atoms with Crippen molar-refractivity contribution in [2.75, 3.05) is 19.0 Å². The zero-order chi connectivity index (χ0) is 22.6. The van der Waals surface area contributed by atoms with Crippen LogP contribution in [-0.4, -0.2) is 37.9 Å². The molecule has 0 saturated carbocycles. The number of esters is 1. The number of rotatable bonds is 8. The van der Waals surface area contributed by atoms with Crippen molar-refractivity contribution < 1.29 is 36.6 Å². The molecule has 0 bridgehead atoms. The predicted octanol–water partition coefficient (Wildman–Crippen LogP) is 5.08. The molecule has 1 amide bonds. The van der Waals surface area contributed by atoms with E-state index in [1.807, 2.05) is 0 Å². The Bertz CT molecular complexity index is 961. The van der Waals surface area contributed by atoms with Gasteiger partial charge in [-0.05, 0) is 48.9 Å². The lowest BCUT2D eigenvalue weighted by atomic mass is 9.95. The highest BCUT2D eigenvalue weighted by molar-refractivity contribution is 7.17. The molecule has 0 aliphatic heterocycles. The Morgan fingerprint density at radius 3 is 2.68 bits per heavy atom. The molecule has 168 valence electrons. The van der Waals surface area contributed by atoms with Crippen molar-refractivity contribution in [2.24, 2.45) is 0 Å². The first-order valence-corrected chi connectivity index (χ1v) is 10.4. The van der Waals surface area contributed by atoms with Gasteiger partial charge in [0, 0.05) is 10.4 Å². The lowest BCUT2D eigenvalue weighted by molar-refractivity contribution is -0.168. The van der Waals surface area contributed by atoms with Crippen molar-refractivity contribution in [2.45, 2.75) is 44.6 Å². The molecule has 1 heterocycles. The van der Waals surface area contributed by atoms with Crippen molar-refractivity contribution >= 4 is 28.2 Å². The Kier molecular flexibility index (Phi) is 7.32. The van der Waals surface area contributed by atoms with Gasteiger partial charge >= 0.3 is 18.3 Å². The number of ether oxygens (including phenoxy) is 2. The monoisotopic (exact) mass is 459 g/mol. The van der Waals surface area contributed by atoms with Gasteiger partial charge in [-0.3, -0.25) is 4.79 Å². The Morgan fingerprint density at radius 2 is 1.97 bits per heavy atom. The molecule has 1 aromatic carbocycles. The van der Waals surface area contributed by atoms with Crippen molar-refractivity contribution in [3.8, 4) is 0 Å². The summed E-state index contributed by atoms with van der Waals surface area (Å²) in [7, 11) is 1.28. The van der Waals surface area contributed by atoms with E-state index in [0.717, 1.165) is 36.1 Å². The third-order valence-electron chi connectivity index (χ3n) is 4.86. The molecule has 3 rings (SSSR count). The van der Waals surface area contributed by atoms with Gasteiger partial charge in [0.2, 0.25) is 0 Å². The quantitative estimate of drug-likeness (QED) is 0.442. The minimum Gasteiger partial charge on any atom is -0.465 e. The van der Waals surface area contributed by atoms with Crippen LogP contribution in [0.4, 0.5) is 22.6 Å². The van der Waals surface area contributed by atoms with Gasteiger partial charge in [0.05, 0.1) is 19.3 Å². The molecule has 2 aromatic rings. The summed E-state index contributed by atoms with van der Waals surface area (Å²) in [6, 6.07) is 5.99. The van der Waals surface area contributed by atoms with E-state index >= 15 is 0 Å². The molecule has 0 radical (unpaired) electrons. The lowest BCUT2D eigenvalue weighted by Gasteiger charge is -2.15. The van der Waals surface area contributed by atoms with E-state index in [2.05, 4.69) is 5.32 Å². The number of hydrogen-bond donors (Lipinski definition) is 1. The highest BCUT2D eigenvalue weighted by atomic mass is 32.1. The summed E-state index contributed by atoms with van der Waals surface area (Å²) in [4.78, 5) is 26.1. The standard InChI is InChI=1S/C21H21F4NO4S/c1-29-19(28)16-14-7-2-3-8-15(14)31-18(16)26-17(27)13-6-4-5-12(9-13)10-30-11-21(24,25)20(22)23/h4-6,9,20H,2-3,7-8,10-11H2,1H3,(H,26,27). The molecule has 31 heavy (non-hydrogen) atoms. The third kappa shape index (κ3) is 5.43. The fourth-order valence-corrected chi connectivity index (χ4v) is 4.59. The van der Waals surface area contributed by atoms with Crippen LogP contribution in [-0.2, 0) is 28.9 Å². The fraction of sp³-hybridized carbons (Fsp3) is 0.429. The van der Waals surface area contributed by atoms with Crippen LogP contribution < -0.4 is 5.32 Å². The summed E-state index contributed by atoms with van der Waals surface area (Å²) < 4.78 is 59.9. The summed E-state index contributed by atoms with van der Waals surface area (Å²) in [5.74, 6) is -5.25. The average Bonchev–Trinajstić information content (AvgIpc) is 3.11. The number of carbonyl (C=O) groups is 2. The zero-order valence-corrected chi connectivity index (χ0v) is 17.5. The molecule has 1 aliphatic rings. The second-order valence-electron chi connectivity index (χ2n) is 7.12. The number of alkyl halides is 4. The van der Waals surface area contributed by atoms with Gasteiger partial charge in [0.15, 0.2) is 0 Å². The lowest BCUT2D eigenvalue weighted by Crippen LogP contribution is -2.32. The number of anilines is 1. The van der Waals surface area contributed by atoms with E-state index < -0.39 is 30.8 Å². The van der Waals surface area contributed by atoms with E-state index in [0.29, 0.717) is 16.1 Å². The number of fused-ring (bicyclic) bond motifs is 1. The smallest absolute Gasteiger partial charge is 0.341 e. The van der Waals surface area contributed by atoms with Crippen molar-refractivity contribution in [3.63, 3.8) is 0 Å². The summed E-state index contributed by atoms with van der Waals surface area (Å²) in [6.45, 7) is -1.78. The molecule has 10 heteroatoms. The first-order chi connectivity index (χ1) is 14.7. The maximum atomic E-state index is 13.0. The number of aryl methyl sites for hydroxylation is 1. The minimum atomic E-state index is -4.24. The second kappa shape index (κ2) is 9.78. The number of carbonyl (C=O) groups excluding carboxylic acids is 2. The largest absolute Gasteiger partial charge is 0.465 e. The van der Waals surface area contributed by atoms with Gasteiger partial charge in [0.25, 0.3) is 5.91 Å². The maximum Gasteiger partial charge on any atom is 0.341 e. The molecule has 0 fully saturated rings. The van der Waals surface area contributed by atoms with Crippen LogP contribution in [0.5, 0.6) is 0 Å². The van der Waals surface area contributed by atoms with Crippen LogP contribution in [0.1, 0.15) is 49.6 Å². The number of halogens is 4. The molecule has 0 spiro atoms. The van der Waals surface area contributed by atoms with Crippen LogP contribution in [0.15, 0.2) is 24.3 Å². The molecule has 0 saturated heterocycles. The summed E-state index contributed by atoms with van der Waals surface area (Å²) in [6.07, 6.45) is -0.287. The number of hydrogen-bond acceptors (Lipinski definition) is 5. The Morgan fingerprint density at radius 1 is 1.23 bits per heavy atom. The normalized spacial score (nSPS) is 13.7. The highest BCUT2D eigenvalue weighted by Crippen LogP contribution is 2.38. The van der Waals surface area contributed by atoms with Crippen molar-refractivity contribution in [3.05, 3.63) is 51.4 Å². The van der Waals surface area contributed by atoms with E-state index in [1.165, 1.54) is 42.7 Å². The minimum absolute atomic E-state index is 0.212. The summed E-state index contributed by atoms with van der Waals surface area (Å²) in [5.41, 5.74) is 1.85. The number of nitrogens with one attached hydrogen (secondary N) is 1. The van der Waals surface area contributed by atoms with Gasteiger partial charge in [-0.1, -0.05) is 12.1 Å². The maximum absolute atomic E-state index is 13.0. The average molecular weight is 459 g/mol. The molecular weight excluding hydrogens is 438 g/mol.